The summed E-state index contributed by atoms with van der Waals surface area (Å²) in [5.41, 5.74) is 3.51. The zero-order chi connectivity index (χ0) is 26.5. The minimum Gasteiger partial charge on any atom is -0.390 e. The summed E-state index contributed by atoms with van der Waals surface area (Å²) in [5.74, 6) is -2.24. The Kier molecular flexibility index (Phi) is 5.99. The van der Waals surface area contributed by atoms with Gasteiger partial charge < -0.3 is 15.0 Å². The van der Waals surface area contributed by atoms with Gasteiger partial charge in [-0.3, -0.25) is 9.48 Å². The molecule has 8 nitrogen and oxygen atoms in total. The number of hydrogen-bond donors (Lipinski definition) is 2. The number of aliphatic hydroxyl groups is 1. The average Bonchev–Trinajstić information content (AvgIpc) is 3.27. The number of aliphatic hydroxyl groups excluding tert-OH is 1. The minimum absolute atomic E-state index is 0.116. The molecule has 10 heteroatoms. The molecule has 0 radical (unpaired) electrons. The van der Waals surface area contributed by atoms with Crippen LogP contribution >= 0.6 is 0 Å². The smallest absolute Gasteiger partial charge is 0.295 e. The van der Waals surface area contributed by atoms with Gasteiger partial charge in [-0.25, -0.2) is 9.97 Å². The molecule has 3 heterocycles. The Morgan fingerprint density at radius 2 is 1.89 bits per heavy atom. The Labute approximate surface area is 211 Å². The minimum atomic E-state index is -3.33. The molecule has 190 valence electrons. The van der Waals surface area contributed by atoms with E-state index in [4.69, 9.17) is 10.1 Å². The van der Waals surface area contributed by atoms with Crippen LogP contribution in [0.4, 0.5) is 14.6 Å². The van der Waals surface area contributed by atoms with Gasteiger partial charge in [-0.2, -0.15) is 13.9 Å². The van der Waals surface area contributed by atoms with Crippen LogP contribution in [-0.2, 0) is 20.0 Å². The highest BCUT2D eigenvalue weighted by Gasteiger charge is 2.31. The highest BCUT2D eigenvalue weighted by atomic mass is 19.3. The van der Waals surface area contributed by atoms with E-state index in [1.807, 2.05) is 20.0 Å². The molecule has 37 heavy (non-hydrogen) atoms. The molecule has 0 spiro atoms. The number of halogens is 2. The van der Waals surface area contributed by atoms with Crippen molar-refractivity contribution in [3.05, 3.63) is 82.2 Å². The van der Waals surface area contributed by atoms with Gasteiger partial charge in [0, 0.05) is 59.9 Å². The molecular weight excluding hydrogens is 478 g/mol. The molecular formula is C27H26F2N6O2. The van der Waals surface area contributed by atoms with Crippen molar-refractivity contribution in [1.29, 1.82) is 0 Å². The molecule has 0 saturated carbocycles. The van der Waals surface area contributed by atoms with Crippen LogP contribution < -0.4 is 10.9 Å². The first kappa shape index (κ1) is 24.5. The van der Waals surface area contributed by atoms with E-state index < -0.39 is 12.5 Å². The van der Waals surface area contributed by atoms with E-state index in [2.05, 4.69) is 15.4 Å². The molecule has 3 aromatic heterocycles. The average molecular weight is 505 g/mol. The molecule has 5 rings (SSSR count). The number of aryl methyl sites for hydroxylation is 3. The van der Waals surface area contributed by atoms with Crippen molar-refractivity contribution in [2.24, 2.45) is 14.1 Å². The first-order valence-corrected chi connectivity index (χ1v) is 11.7. The van der Waals surface area contributed by atoms with Crippen LogP contribution in [0, 0.1) is 6.92 Å². The first-order valence-electron chi connectivity index (χ1n) is 11.7. The zero-order valence-corrected chi connectivity index (χ0v) is 20.8. The van der Waals surface area contributed by atoms with Crippen LogP contribution in [0.3, 0.4) is 0 Å². The Bertz CT molecular complexity index is 1710. The van der Waals surface area contributed by atoms with Crippen molar-refractivity contribution >= 4 is 27.6 Å². The van der Waals surface area contributed by atoms with Crippen molar-refractivity contribution in [3.8, 4) is 11.1 Å². The lowest BCUT2D eigenvalue weighted by molar-refractivity contribution is -0.0556. The first-order chi connectivity index (χ1) is 17.6. The fraction of sp³-hybridized carbons (Fsp3) is 0.259. The lowest BCUT2D eigenvalue weighted by Gasteiger charge is -2.20. The largest absolute Gasteiger partial charge is 0.390 e. The number of hydrogen-bond acceptors (Lipinski definition) is 6. The summed E-state index contributed by atoms with van der Waals surface area (Å²) >= 11 is 0. The molecule has 0 amide bonds. The Morgan fingerprint density at radius 1 is 1.11 bits per heavy atom. The number of nitrogens with zero attached hydrogens (tertiary/aromatic N) is 5. The number of pyridine rings is 1. The second-order valence-electron chi connectivity index (χ2n) is 9.19. The number of benzene rings is 2. The van der Waals surface area contributed by atoms with Gasteiger partial charge in [0.15, 0.2) is 0 Å². The van der Waals surface area contributed by atoms with Crippen molar-refractivity contribution < 1.29 is 13.9 Å². The van der Waals surface area contributed by atoms with E-state index in [1.54, 1.807) is 49.2 Å². The summed E-state index contributed by atoms with van der Waals surface area (Å²) in [5, 5.41) is 18.5. The summed E-state index contributed by atoms with van der Waals surface area (Å²) in [7, 11) is 3.55. The van der Waals surface area contributed by atoms with Crippen LogP contribution in [0.15, 0.2) is 59.7 Å². The maximum Gasteiger partial charge on any atom is 0.295 e. The SMILES string of the molecule is Cc1nc(N[C@H](C)c2cccc(C(F)(F)CO)c2)c2cc(-c3ccc(=O)n(C)c3)c3c(cnn3C)c2n1. The summed E-state index contributed by atoms with van der Waals surface area (Å²) in [4.78, 5) is 21.3. The van der Waals surface area contributed by atoms with Gasteiger partial charge in [-0.1, -0.05) is 18.2 Å². The second-order valence-corrected chi connectivity index (χ2v) is 9.19. The van der Waals surface area contributed by atoms with Crippen LogP contribution in [-0.4, -0.2) is 36.0 Å². The lowest BCUT2D eigenvalue weighted by Crippen LogP contribution is -2.19. The van der Waals surface area contributed by atoms with Crippen molar-refractivity contribution in [2.45, 2.75) is 25.8 Å². The standard InChI is InChI=1S/C27H26F2N6O2/c1-15(17-6-5-7-19(10-17)27(28,29)14-36)31-26-21-11-20(18-8-9-23(37)34(3)13-18)25-22(12-30-35(25)4)24(21)32-16(2)33-26/h5-13,15,36H,14H2,1-4H3,(H,31,32,33)/t15-/m1/s1. The predicted molar refractivity (Wildman–Crippen MR) is 139 cm³/mol. The van der Waals surface area contributed by atoms with Gasteiger partial charge in [-0.15, -0.1) is 0 Å². The van der Waals surface area contributed by atoms with Gasteiger partial charge in [0.25, 0.3) is 5.92 Å². The van der Waals surface area contributed by atoms with Crippen molar-refractivity contribution in [1.82, 2.24) is 24.3 Å². The molecule has 0 aliphatic rings. The molecule has 0 saturated heterocycles. The van der Waals surface area contributed by atoms with E-state index in [9.17, 15) is 13.6 Å². The normalized spacial score (nSPS) is 12.8. The summed E-state index contributed by atoms with van der Waals surface area (Å²) in [6.07, 6.45) is 3.52. The fourth-order valence-corrected chi connectivity index (χ4v) is 4.56. The monoisotopic (exact) mass is 504 g/mol. The molecule has 2 aromatic carbocycles. The topological polar surface area (TPSA) is 97.9 Å². The number of aromatic nitrogens is 5. The maximum absolute atomic E-state index is 14.1. The third-order valence-corrected chi connectivity index (χ3v) is 6.55. The molecule has 0 bridgehead atoms. The highest BCUT2D eigenvalue weighted by molar-refractivity contribution is 6.13. The van der Waals surface area contributed by atoms with Crippen LogP contribution in [0.1, 0.15) is 29.9 Å². The van der Waals surface area contributed by atoms with Gasteiger partial charge in [0.05, 0.1) is 17.2 Å². The number of anilines is 1. The molecule has 0 unspecified atom stereocenters. The zero-order valence-electron chi connectivity index (χ0n) is 20.8. The van der Waals surface area contributed by atoms with Gasteiger partial charge in [0.1, 0.15) is 18.2 Å². The highest BCUT2D eigenvalue weighted by Crippen LogP contribution is 2.37. The van der Waals surface area contributed by atoms with Crippen molar-refractivity contribution in [3.63, 3.8) is 0 Å². The van der Waals surface area contributed by atoms with E-state index in [1.165, 1.54) is 22.8 Å². The third-order valence-electron chi connectivity index (χ3n) is 6.55. The summed E-state index contributed by atoms with van der Waals surface area (Å²) in [6, 6.07) is 10.9. The van der Waals surface area contributed by atoms with E-state index in [0.717, 1.165) is 27.4 Å². The van der Waals surface area contributed by atoms with Crippen LogP contribution in [0.25, 0.3) is 32.9 Å². The quantitative estimate of drug-likeness (QED) is 0.355. The maximum atomic E-state index is 14.1. The van der Waals surface area contributed by atoms with Crippen LogP contribution in [0.2, 0.25) is 0 Å². The Balaban J connectivity index is 1.67. The molecule has 1 atom stereocenters. The van der Waals surface area contributed by atoms with Gasteiger partial charge in [0.2, 0.25) is 5.56 Å². The Morgan fingerprint density at radius 3 is 2.62 bits per heavy atom. The third kappa shape index (κ3) is 4.33. The van der Waals surface area contributed by atoms with E-state index >= 15 is 0 Å². The molecule has 0 aliphatic heterocycles. The summed E-state index contributed by atoms with van der Waals surface area (Å²) < 4.78 is 31.5. The van der Waals surface area contributed by atoms with Gasteiger partial charge >= 0.3 is 0 Å². The van der Waals surface area contributed by atoms with Crippen LogP contribution in [0.5, 0.6) is 0 Å². The Hall–Kier alpha value is -4.18. The lowest BCUT2D eigenvalue weighted by atomic mass is 10.00. The number of nitrogens with one attached hydrogen (secondary N) is 1. The van der Waals surface area contributed by atoms with Gasteiger partial charge in [-0.05, 0) is 37.6 Å². The fourth-order valence-electron chi connectivity index (χ4n) is 4.56. The molecule has 0 fully saturated rings. The number of fused-ring (bicyclic) bond motifs is 3. The predicted octanol–water partition coefficient (Wildman–Crippen LogP) is 4.45. The van der Waals surface area contributed by atoms with E-state index in [-0.39, 0.29) is 17.2 Å². The molecule has 2 N–H and O–H groups in total. The second kappa shape index (κ2) is 9.04. The number of rotatable bonds is 6. The molecule has 0 aliphatic carbocycles. The number of alkyl halides is 2. The molecule has 5 aromatic rings. The van der Waals surface area contributed by atoms with E-state index in [0.29, 0.717) is 22.7 Å². The summed E-state index contributed by atoms with van der Waals surface area (Å²) in [6.45, 7) is 2.39. The van der Waals surface area contributed by atoms with Crippen molar-refractivity contribution in [2.75, 3.05) is 11.9 Å².